The summed E-state index contributed by atoms with van der Waals surface area (Å²) < 4.78 is 4.94. The Morgan fingerprint density at radius 2 is 2.05 bits per heavy atom. The average Bonchev–Trinajstić information content (AvgIpc) is 2.45. The van der Waals surface area contributed by atoms with Gasteiger partial charge in [0, 0.05) is 18.3 Å². The SMILES string of the molecule is CCOC(=O)c1cnc(NCC(N)(CC)CC)nc1C. The van der Waals surface area contributed by atoms with Crippen molar-refractivity contribution >= 4 is 11.9 Å². The molecule has 0 unspecified atom stereocenters. The van der Waals surface area contributed by atoms with Gasteiger partial charge in [0.15, 0.2) is 0 Å². The molecule has 0 spiro atoms. The normalized spacial score (nSPS) is 11.2. The van der Waals surface area contributed by atoms with Gasteiger partial charge < -0.3 is 15.8 Å². The van der Waals surface area contributed by atoms with E-state index < -0.39 is 5.97 Å². The second-order valence-electron chi connectivity index (χ2n) is 4.84. The van der Waals surface area contributed by atoms with Crippen molar-refractivity contribution in [3.8, 4) is 0 Å². The zero-order valence-corrected chi connectivity index (χ0v) is 12.7. The molecule has 0 amide bonds. The second-order valence-corrected chi connectivity index (χ2v) is 4.84. The predicted molar refractivity (Wildman–Crippen MR) is 78.7 cm³/mol. The summed E-state index contributed by atoms with van der Waals surface area (Å²) in [6.07, 6.45) is 3.23. The molecule has 0 radical (unpaired) electrons. The molecule has 0 saturated heterocycles. The number of aromatic nitrogens is 2. The average molecular weight is 280 g/mol. The Kier molecular flexibility index (Phi) is 5.88. The highest BCUT2D eigenvalue weighted by molar-refractivity contribution is 5.90. The number of ether oxygens (including phenoxy) is 1. The van der Waals surface area contributed by atoms with Crippen molar-refractivity contribution in [3.63, 3.8) is 0 Å². The number of hydrogen-bond acceptors (Lipinski definition) is 6. The van der Waals surface area contributed by atoms with Gasteiger partial charge in [-0.2, -0.15) is 0 Å². The lowest BCUT2D eigenvalue weighted by Crippen LogP contribution is -2.45. The molecule has 6 heteroatoms. The third-order valence-electron chi connectivity index (χ3n) is 3.48. The lowest BCUT2D eigenvalue weighted by Gasteiger charge is -2.26. The van der Waals surface area contributed by atoms with Crippen LogP contribution in [0.3, 0.4) is 0 Å². The van der Waals surface area contributed by atoms with Crippen molar-refractivity contribution in [1.82, 2.24) is 9.97 Å². The smallest absolute Gasteiger partial charge is 0.341 e. The summed E-state index contributed by atoms with van der Waals surface area (Å²) in [5, 5.41) is 3.13. The predicted octanol–water partition coefficient (Wildman–Crippen LogP) is 1.89. The first kappa shape index (κ1) is 16.4. The fourth-order valence-electron chi connectivity index (χ4n) is 1.72. The Bertz CT molecular complexity index is 458. The van der Waals surface area contributed by atoms with Crippen LogP contribution in [-0.4, -0.2) is 34.6 Å². The molecule has 1 rings (SSSR count). The minimum Gasteiger partial charge on any atom is -0.462 e. The summed E-state index contributed by atoms with van der Waals surface area (Å²) in [5.74, 6) is 0.0825. The van der Waals surface area contributed by atoms with Gasteiger partial charge in [-0.25, -0.2) is 14.8 Å². The number of carbonyl (C=O) groups is 1. The fourth-order valence-corrected chi connectivity index (χ4v) is 1.72. The molecule has 20 heavy (non-hydrogen) atoms. The maximum Gasteiger partial charge on any atom is 0.341 e. The van der Waals surface area contributed by atoms with Gasteiger partial charge in [0.05, 0.1) is 17.9 Å². The van der Waals surface area contributed by atoms with E-state index in [0.29, 0.717) is 30.4 Å². The molecule has 6 nitrogen and oxygen atoms in total. The largest absolute Gasteiger partial charge is 0.462 e. The fraction of sp³-hybridized carbons (Fsp3) is 0.643. The van der Waals surface area contributed by atoms with E-state index in [4.69, 9.17) is 10.5 Å². The summed E-state index contributed by atoms with van der Waals surface area (Å²) in [6.45, 7) is 8.57. The maximum absolute atomic E-state index is 11.6. The van der Waals surface area contributed by atoms with Crippen LogP contribution in [0.15, 0.2) is 6.20 Å². The Balaban J connectivity index is 2.75. The first-order valence-corrected chi connectivity index (χ1v) is 6.99. The number of nitrogens with two attached hydrogens (primary N) is 1. The van der Waals surface area contributed by atoms with Gasteiger partial charge in [-0.3, -0.25) is 0 Å². The molecule has 0 saturated carbocycles. The van der Waals surface area contributed by atoms with Crippen LogP contribution < -0.4 is 11.1 Å². The van der Waals surface area contributed by atoms with Crippen LogP contribution in [0, 0.1) is 6.92 Å². The molecule has 1 heterocycles. The van der Waals surface area contributed by atoms with Crippen molar-refractivity contribution in [1.29, 1.82) is 0 Å². The number of nitrogens with one attached hydrogen (secondary N) is 1. The highest BCUT2D eigenvalue weighted by Crippen LogP contribution is 2.13. The molecule has 0 aromatic carbocycles. The third kappa shape index (κ3) is 4.16. The summed E-state index contributed by atoms with van der Waals surface area (Å²) in [4.78, 5) is 20.0. The molecule has 0 fully saturated rings. The zero-order chi connectivity index (χ0) is 15.2. The number of carbonyl (C=O) groups excluding carboxylic acids is 1. The van der Waals surface area contributed by atoms with Crippen LogP contribution >= 0.6 is 0 Å². The van der Waals surface area contributed by atoms with Crippen LogP contribution in [0.1, 0.15) is 49.7 Å². The monoisotopic (exact) mass is 280 g/mol. The van der Waals surface area contributed by atoms with E-state index in [1.807, 2.05) is 0 Å². The number of esters is 1. The van der Waals surface area contributed by atoms with Gasteiger partial charge in [0.25, 0.3) is 0 Å². The van der Waals surface area contributed by atoms with Crippen molar-refractivity contribution < 1.29 is 9.53 Å². The van der Waals surface area contributed by atoms with E-state index in [0.717, 1.165) is 12.8 Å². The lowest BCUT2D eigenvalue weighted by molar-refractivity contribution is 0.0524. The first-order valence-electron chi connectivity index (χ1n) is 6.99. The molecular weight excluding hydrogens is 256 g/mol. The van der Waals surface area contributed by atoms with E-state index in [2.05, 4.69) is 29.1 Å². The van der Waals surface area contributed by atoms with Crippen LogP contribution in [0.4, 0.5) is 5.95 Å². The molecule has 0 aliphatic rings. The Morgan fingerprint density at radius 1 is 1.40 bits per heavy atom. The Morgan fingerprint density at radius 3 is 2.55 bits per heavy atom. The topological polar surface area (TPSA) is 90.1 Å². The number of nitrogens with zero attached hydrogens (tertiary/aromatic N) is 2. The van der Waals surface area contributed by atoms with Crippen molar-refractivity contribution in [3.05, 3.63) is 17.5 Å². The Labute approximate surface area is 120 Å². The van der Waals surface area contributed by atoms with Crippen molar-refractivity contribution in [2.24, 2.45) is 5.73 Å². The van der Waals surface area contributed by atoms with Gasteiger partial charge in [0.1, 0.15) is 0 Å². The van der Waals surface area contributed by atoms with Gasteiger partial charge in [0.2, 0.25) is 5.95 Å². The second kappa shape index (κ2) is 7.19. The number of anilines is 1. The maximum atomic E-state index is 11.6. The van der Waals surface area contributed by atoms with Gasteiger partial charge >= 0.3 is 5.97 Å². The molecule has 0 aliphatic carbocycles. The summed E-state index contributed by atoms with van der Waals surface area (Å²) in [7, 11) is 0. The minimum absolute atomic E-state index is 0.267. The number of rotatable bonds is 7. The summed E-state index contributed by atoms with van der Waals surface area (Å²) >= 11 is 0. The highest BCUT2D eigenvalue weighted by atomic mass is 16.5. The van der Waals surface area contributed by atoms with E-state index in [-0.39, 0.29) is 5.54 Å². The van der Waals surface area contributed by atoms with Crippen LogP contribution in [0.2, 0.25) is 0 Å². The van der Waals surface area contributed by atoms with E-state index in [9.17, 15) is 4.79 Å². The standard InChI is InChI=1S/C14H24N4O2/c1-5-14(15,6-2)9-17-13-16-8-11(10(4)18-13)12(19)20-7-3/h8H,5-7,9,15H2,1-4H3,(H,16,17,18). The molecule has 0 atom stereocenters. The van der Waals surface area contributed by atoms with Crippen molar-refractivity contribution in [2.75, 3.05) is 18.5 Å². The molecule has 3 N–H and O–H groups in total. The van der Waals surface area contributed by atoms with Crippen LogP contribution in [0.5, 0.6) is 0 Å². The van der Waals surface area contributed by atoms with Crippen molar-refractivity contribution in [2.45, 2.75) is 46.1 Å². The van der Waals surface area contributed by atoms with E-state index in [1.54, 1.807) is 13.8 Å². The number of aryl methyl sites for hydroxylation is 1. The third-order valence-corrected chi connectivity index (χ3v) is 3.48. The first-order chi connectivity index (χ1) is 9.45. The summed E-state index contributed by atoms with van der Waals surface area (Å²) in [6, 6.07) is 0. The lowest BCUT2D eigenvalue weighted by atomic mass is 9.94. The van der Waals surface area contributed by atoms with Gasteiger partial charge in [-0.05, 0) is 26.7 Å². The van der Waals surface area contributed by atoms with E-state index >= 15 is 0 Å². The molecular formula is C14H24N4O2. The van der Waals surface area contributed by atoms with Crippen LogP contribution in [0.25, 0.3) is 0 Å². The quantitative estimate of drug-likeness (QED) is 0.741. The van der Waals surface area contributed by atoms with E-state index in [1.165, 1.54) is 6.20 Å². The minimum atomic E-state index is -0.396. The Hall–Kier alpha value is -1.69. The molecule has 0 bridgehead atoms. The molecule has 0 aliphatic heterocycles. The van der Waals surface area contributed by atoms with Gasteiger partial charge in [-0.1, -0.05) is 13.8 Å². The molecule has 1 aromatic heterocycles. The number of hydrogen-bond donors (Lipinski definition) is 2. The molecule has 112 valence electrons. The highest BCUT2D eigenvalue weighted by Gasteiger charge is 2.20. The zero-order valence-electron chi connectivity index (χ0n) is 12.7. The molecule has 1 aromatic rings. The van der Waals surface area contributed by atoms with Gasteiger partial charge in [-0.15, -0.1) is 0 Å². The van der Waals surface area contributed by atoms with Crippen LogP contribution in [-0.2, 0) is 4.74 Å². The summed E-state index contributed by atoms with van der Waals surface area (Å²) in [5.41, 5.74) is 6.93.